The lowest BCUT2D eigenvalue weighted by Crippen LogP contribution is -1.99. The van der Waals surface area contributed by atoms with E-state index in [0.29, 0.717) is 18.8 Å². The first-order valence-electron chi connectivity index (χ1n) is 6.10. The highest BCUT2D eigenvalue weighted by molar-refractivity contribution is 5.69. The van der Waals surface area contributed by atoms with E-state index in [4.69, 9.17) is 10.00 Å². The minimum atomic E-state index is 0.424. The van der Waals surface area contributed by atoms with Gasteiger partial charge >= 0.3 is 0 Å². The molecule has 2 nitrogen and oxygen atoms in total. The number of benzene rings is 2. The second-order valence-electron chi connectivity index (χ2n) is 4.24. The molecule has 0 atom stereocenters. The Kier molecular flexibility index (Phi) is 4.49. The molecule has 94 valence electrons. The zero-order valence-corrected chi connectivity index (χ0v) is 10.7. The summed E-state index contributed by atoms with van der Waals surface area (Å²) in [5, 5.41) is 9.04. The third-order valence-electron chi connectivity index (χ3n) is 2.82. The molecule has 0 unspecified atom stereocenters. The van der Waals surface area contributed by atoms with E-state index < -0.39 is 0 Å². The van der Waals surface area contributed by atoms with Crippen LogP contribution in [0.5, 0.6) is 0 Å². The van der Waals surface area contributed by atoms with E-state index >= 15 is 0 Å². The van der Waals surface area contributed by atoms with Crippen LogP contribution in [0, 0.1) is 11.3 Å². The van der Waals surface area contributed by atoms with Gasteiger partial charge in [-0.05, 0) is 22.8 Å². The molecule has 2 rings (SSSR count). The molecule has 0 saturated heterocycles. The molecule has 0 spiro atoms. The Labute approximate surface area is 113 Å². The van der Waals surface area contributed by atoms with Crippen molar-refractivity contribution in [2.24, 2.45) is 0 Å². The van der Waals surface area contributed by atoms with Crippen LogP contribution in [0.4, 0.5) is 0 Å². The van der Waals surface area contributed by atoms with Crippen LogP contribution in [-0.4, -0.2) is 6.61 Å². The topological polar surface area (TPSA) is 33.0 Å². The molecule has 0 radical (unpaired) electrons. The van der Waals surface area contributed by atoms with Crippen molar-refractivity contribution >= 4 is 5.57 Å². The minimum absolute atomic E-state index is 0.424. The van der Waals surface area contributed by atoms with Crippen LogP contribution >= 0.6 is 0 Å². The van der Waals surface area contributed by atoms with E-state index in [1.165, 1.54) is 0 Å². The first-order valence-corrected chi connectivity index (χ1v) is 6.10. The van der Waals surface area contributed by atoms with Gasteiger partial charge in [0.25, 0.3) is 0 Å². The molecule has 0 aliphatic rings. The third kappa shape index (κ3) is 3.54. The summed E-state index contributed by atoms with van der Waals surface area (Å²) in [5.41, 5.74) is 3.45. The maximum absolute atomic E-state index is 9.04. The maximum Gasteiger partial charge on any atom is 0.0998 e. The van der Waals surface area contributed by atoms with Gasteiger partial charge in [0, 0.05) is 0 Å². The molecule has 2 aromatic carbocycles. The Morgan fingerprint density at radius 3 is 2.47 bits per heavy atom. The molecule has 19 heavy (non-hydrogen) atoms. The number of nitrogens with zero attached hydrogens (tertiary/aromatic N) is 1. The van der Waals surface area contributed by atoms with Crippen LogP contribution in [-0.2, 0) is 11.3 Å². The van der Waals surface area contributed by atoms with Crippen molar-refractivity contribution in [3.8, 4) is 6.07 Å². The molecule has 0 bridgehead atoms. The Hall–Kier alpha value is -2.37. The van der Waals surface area contributed by atoms with Crippen LogP contribution in [0.15, 0.2) is 61.2 Å². The summed E-state index contributed by atoms with van der Waals surface area (Å²) in [6.07, 6.45) is 0. The van der Waals surface area contributed by atoms with Crippen LogP contribution in [0.1, 0.15) is 16.7 Å². The molecule has 0 aliphatic carbocycles. The fourth-order valence-electron chi connectivity index (χ4n) is 1.83. The highest BCUT2D eigenvalue weighted by atomic mass is 16.5. The molecule has 0 aliphatic heterocycles. The van der Waals surface area contributed by atoms with E-state index in [0.717, 1.165) is 16.7 Å². The van der Waals surface area contributed by atoms with Gasteiger partial charge in [0.15, 0.2) is 0 Å². The average molecular weight is 249 g/mol. The molecule has 2 aromatic rings. The summed E-state index contributed by atoms with van der Waals surface area (Å²) >= 11 is 0. The van der Waals surface area contributed by atoms with Crippen molar-refractivity contribution < 1.29 is 4.74 Å². The van der Waals surface area contributed by atoms with Gasteiger partial charge in [0.2, 0.25) is 0 Å². The van der Waals surface area contributed by atoms with Gasteiger partial charge in [-0.25, -0.2) is 0 Å². The lowest BCUT2D eigenvalue weighted by molar-refractivity contribution is 0.153. The normalized spacial score (nSPS) is 9.84. The molecule has 0 heterocycles. The molecule has 0 amide bonds. The van der Waals surface area contributed by atoms with E-state index in [9.17, 15) is 0 Å². The van der Waals surface area contributed by atoms with E-state index in [-0.39, 0.29) is 0 Å². The highest BCUT2D eigenvalue weighted by Gasteiger charge is 2.05. The van der Waals surface area contributed by atoms with Crippen LogP contribution in [0.25, 0.3) is 5.57 Å². The fraction of sp³-hybridized carbons (Fsp3) is 0.118. The van der Waals surface area contributed by atoms with Gasteiger partial charge in [0.1, 0.15) is 0 Å². The predicted octanol–water partition coefficient (Wildman–Crippen LogP) is 3.79. The third-order valence-corrected chi connectivity index (χ3v) is 2.82. The Morgan fingerprint density at radius 2 is 1.74 bits per heavy atom. The monoisotopic (exact) mass is 249 g/mol. The lowest BCUT2D eigenvalue weighted by Gasteiger charge is -2.09. The van der Waals surface area contributed by atoms with Crippen LogP contribution < -0.4 is 0 Å². The SMILES string of the molecule is C=C(COCc1ccccc1)c1ccccc1C#N. The Morgan fingerprint density at radius 1 is 1.05 bits per heavy atom. The summed E-state index contributed by atoms with van der Waals surface area (Å²) in [6.45, 7) is 4.96. The molecule has 0 aromatic heterocycles. The summed E-state index contributed by atoms with van der Waals surface area (Å²) in [7, 11) is 0. The quantitative estimate of drug-likeness (QED) is 0.807. The van der Waals surface area contributed by atoms with Gasteiger partial charge in [-0.15, -0.1) is 0 Å². The molecule has 0 N–H and O–H groups in total. The van der Waals surface area contributed by atoms with Crippen molar-refractivity contribution in [3.63, 3.8) is 0 Å². The second kappa shape index (κ2) is 6.53. The van der Waals surface area contributed by atoms with Gasteiger partial charge in [-0.1, -0.05) is 55.1 Å². The van der Waals surface area contributed by atoms with Gasteiger partial charge in [-0.3, -0.25) is 0 Å². The number of hydrogen-bond acceptors (Lipinski definition) is 2. The standard InChI is InChI=1S/C17H15NO/c1-14(17-10-6-5-9-16(17)11-18)12-19-13-15-7-3-2-4-8-15/h2-10H,1,12-13H2. The summed E-state index contributed by atoms with van der Waals surface area (Å²) in [5.74, 6) is 0. The van der Waals surface area contributed by atoms with Gasteiger partial charge in [-0.2, -0.15) is 5.26 Å². The van der Waals surface area contributed by atoms with Crippen LogP contribution in [0.2, 0.25) is 0 Å². The zero-order valence-electron chi connectivity index (χ0n) is 10.7. The highest BCUT2D eigenvalue weighted by Crippen LogP contribution is 2.17. The molecular weight excluding hydrogens is 234 g/mol. The molecule has 2 heteroatoms. The number of nitriles is 1. The Balaban J connectivity index is 1.93. The summed E-state index contributed by atoms with van der Waals surface area (Å²) < 4.78 is 5.63. The van der Waals surface area contributed by atoms with Crippen LogP contribution in [0.3, 0.4) is 0 Å². The first-order chi connectivity index (χ1) is 9.31. The predicted molar refractivity (Wildman–Crippen MR) is 76.3 cm³/mol. The van der Waals surface area contributed by atoms with Crippen molar-refractivity contribution in [3.05, 3.63) is 77.9 Å². The average Bonchev–Trinajstić information content (AvgIpc) is 2.48. The van der Waals surface area contributed by atoms with Crippen molar-refractivity contribution in [1.82, 2.24) is 0 Å². The summed E-state index contributed by atoms with van der Waals surface area (Å²) in [6, 6.07) is 19.6. The van der Waals surface area contributed by atoms with E-state index in [1.807, 2.05) is 48.5 Å². The van der Waals surface area contributed by atoms with E-state index in [2.05, 4.69) is 12.6 Å². The maximum atomic E-state index is 9.04. The molecular formula is C17H15NO. The first kappa shape index (κ1) is 13.1. The zero-order chi connectivity index (χ0) is 13.5. The second-order valence-corrected chi connectivity index (χ2v) is 4.24. The van der Waals surface area contributed by atoms with Gasteiger partial charge < -0.3 is 4.74 Å². The Bertz CT molecular complexity index is 596. The van der Waals surface area contributed by atoms with Crippen molar-refractivity contribution in [2.75, 3.05) is 6.61 Å². The number of hydrogen-bond donors (Lipinski definition) is 0. The summed E-state index contributed by atoms with van der Waals surface area (Å²) in [4.78, 5) is 0. The van der Waals surface area contributed by atoms with Crippen molar-refractivity contribution in [2.45, 2.75) is 6.61 Å². The number of ether oxygens (including phenoxy) is 1. The number of rotatable bonds is 5. The smallest absolute Gasteiger partial charge is 0.0998 e. The van der Waals surface area contributed by atoms with Gasteiger partial charge in [0.05, 0.1) is 24.8 Å². The minimum Gasteiger partial charge on any atom is -0.372 e. The van der Waals surface area contributed by atoms with Crippen molar-refractivity contribution in [1.29, 1.82) is 5.26 Å². The van der Waals surface area contributed by atoms with E-state index in [1.54, 1.807) is 6.07 Å². The lowest BCUT2D eigenvalue weighted by atomic mass is 10.0. The fourth-order valence-corrected chi connectivity index (χ4v) is 1.83. The largest absolute Gasteiger partial charge is 0.372 e. The molecule has 0 fully saturated rings. The molecule has 0 saturated carbocycles.